The van der Waals surface area contributed by atoms with E-state index < -0.39 is 0 Å². The summed E-state index contributed by atoms with van der Waals surface area (Å²) in [6.45, 7) is 2.87. The molecule has 0 spiro atoms. The summed E-state index contributed by atoms with van der Waals surface area (Å²) in [6.07, 6.45) is 2.86. The summed E-state index contributed by atoms with van der Waals surface area (Å²) in [4.78, 5) is 3.93. The van der Waals surface area contributed by atoms with E-state index in [0.29, 0.717) is 0 Å². The molecule has 2 heteroatoms. The lowest BCUT2D eigenvalue weighted by Gasteiger charge is -2.03. The van der Waals surface area contributed by atoms with Gasteiger partial charge in [0.15, 0.2) is 0 Å². The highest BCUT2D eigenvalue weighted by Crippen LogP contribution is 2.11. The predicted octanol–water partition coefficient (Wildman–Crippen LogP) is 2.52. The van der Waals surface area contributed by atoms with Crippen molar-refractivity contribution in [1.29, 1.82) is 0 Å². The second-order valence-electron chi connectivity index (χ2n) is 2.80. The van der Waals surface area contributed by atoms with E-state index in [4.69, 9.17) is 4.74 Å². The molecule has 70 valence electrons. The first-order valence-electron chi connectivity index (χ1n) is 4.52. The molecule has 0 aromatic heterocycles. The highest BCUT2D eigenvalue weighted by molar-refractivity contribution is 5.79. The molecule has 2 nitrogen and oxygen atoms in total. The van der Waals surface area contributed by atoms with Crippen molar-refractivity contribution in [2.45, 2.75) is 13.3 Å². The molecule has 0 amide bonds. The van der Waals surface area contributed by atoms with Crippen molar-refractivity contribution in [2.75, 3.05) is 13.7 Å². The molecule has 0 unspecified atom stereocenters. The smallest absolute Gasteiger partial charge is 0.119 e. The van der Waals surface area contributed by atoms with Crippen LogP contribution in [0.2, 0.25) is 0 Å². The third-order valence-corrected chi connectivity index (χ3v) is 1.63. The molecule has 0 saturated carbocycles. The standard InChI is InChI=1S/C11H15NO/c1-3-8-13-11-6-4-10(5-7-11)9-12-2/h4-7,9H,3,8H2,1-2H3/b12-9+. The van der Waals surface area contributed by atoms with Crippen LogP contribution in [0.4, 0.5) is 0 Å². The van der Waals surface area contributed by atoms with Crippen molar-refractivity contribution in [3.63, 3.8) is 0 Å². The van der Waals surface area contributed by atoms with Gasteiger partial charge in [-0.15, -0.1) is 0 Å². The van der Waals surface area contributed by atoms with E-state index in [2.05, 4.69) is 11.9 Å². The Morgan fingerprint density at radius 2 is 2.00 bits per heavy atom. The minimum absolute atomic E-state index is 0.779. The maximum atomic E-state index is 5.44. The van der Waals surface area contributed by atoms with Gasteiger partial charge in [0, 0.05) is 13.3 Å². The fourth-order valence-corrected chi connectivity index (χ4v) is 1.02. The molecule has 0 heterocycles. The Morgan fingerprint density at radius 3 is 2.54 bits per heavy atom. The van der Waals surface area contributed by atoms with Crippen LogP contribution in [0.1, 0.15) is 18.9 Å². The van der Waals surface area contributed by atoms with Crippen molar-refractivity contribution in [1.82, 2.24) is 0 Å². The van der Waals surface area contributed by atoms with E-state index in [0.717, 1.165) is 24.3 Å². The molecule has 1 aromatic rings. The van der Waals surface area contributed by atoms with Crippen molar-refractivity contribution >= 4 is 6.21 Å². The van der Waals surface area contributed by atoms with Crippen LogP contribution in [0.15, 0.2) is 29.3 Å². The third kappa shape index (κ3) is 3.28. The van der Waals surface area contributed by atoms with Gasteiger partial charge in [-0.05, 0) is 36.2 Å². The van der Waals surface area contributed by atoms with Crippen LogP contribution in [0.5, 0.6) is 5.75 Å². The van der Waals surface area contributed by atoms with Crippen molar-refractivity contribution < 1.29 is 4.74 Å². The average molecular weight is 177 g/mol. The second kappa shape index (κ2) is 5.36. The van der Waals surface area contributed by atoms with Crippen LogP contribution in [-0.4, -0.2) is 19.9 Å². The SMILES string of the molecule is CCCOc1ccc(/C=N/C)cc1. The number of nitrogens with zero attached hydrogens (tertiary/aromatic N) is 1. The summed E-state index contributed by atoms with van der Waals surface area (Å²) in [5.41, 5.74) is 1.10. The molecule has 1 rings (SSSR count). The lowest BCUT2D eigenvalue weighted by atomic mass is 10.2. The Hall–Kier alpha value is -1.31. The molecule has 13 heavy (non-hydrogen) atoms. The number of aliphatic imine (C=N–C) groups is 1. The summed E-state index contributed by atoms with van der Waals surface area (Å²) in [7, 11) is 1.77. The molecular weight excluding hydrogens is 162 g/mol. The molecule has 0 fully saturated rings. The summed E-state index contributed by atoms with van der Waals surface area (Å²) < 4.78 is 5.44. The van der Waals surface area contributed by atoms with E-state index in [1.54, 1.807) is 7.05 Å². The molecule has 0 radical (unpaired) electrons. The Kier molecular flexibility index (Phi) is 4.03. The molecule has 0 aliphatic rings. The number of hydrogen-bond donors (Lipinski definition) is 0. The zero-order valence-electron chi connectivity index (χ0n) is 8.16. The molecular formula is C11H15NO. The van der Waals surface area contributed by atoms with Gasteiger partial charge in [0.05, 0.1) is 6.61 Å². The Bertz CT molecular complexity index is 264. The Labute approximate surface area is 79.3 Å². The van der Waals surface area contributed by atoms with Crippen LogP contribution in [-0.2, 0) is 0 Å². The molecule has 0 aliphatic heterocycles. The van der Waals surface area contributed by atoms with E-state index in [1.165, 1.54) is 0 Å². The van der Waals surface area contributed by atoms with Gasteiger partial charge in [-0.2, -0.15) is 0 Å². The van der Waals surface area contributed by atoms with Gasteiger partial charge < -0.3 is 4.74 Å². The fraction of sp³-hybridized carbons (Fsp3) is 0.364. The van der Waals surface area contributed by atoms with Crippen LogP contribution < -0.4 is 4.74 Å². The topological polar surface area (TPSA) is 21.6 Å². The van der Waals surface area contributed by atoms with Crippen LogP contribution in [0.3, 0.4) is 0 Å². The summed E-state index contributed by atoms with van der Waals surface area (Å²) >= 11 is 0. The average Bonchev–Trinajstić information content (AvgIpc) is 2.17. The van der Waals surface area contributed by atoms with Crippen LogP contribution >= 0.6 is 0 Å². The van der Waals surface area contributed by atoms with Gasteiger partial charge in [-0.1, -0.05) is 6.92 Å². The highest BCUT2D eigenvalue weighted by atomic mass is 16.5. The van der Waals surface area contributed by atoms with Crippen molar-refractivity contribution in [2.24, 2.45) is 4.99 Å². The highest BCUT2D eigenvalue weighted by Gasteiger charge is 1.91. The fourth-order valence-electron chi connectivity index (χ4n) is 1.02. The van der Waals surface area contributed by atoms with Gasteiger partial charge in [0.25, 0.3) is 0 Å². The van der Waals surface area contributed by atoms with Gasteiger partial charge in [-0.3, -0.25) is 4.99 Å². The lowest BCUT2D eigenvalue weighted by molar-refractivity contribution is 0.317. The maximum absolute atomic E-state index is 5.44. The first-order valence-corrected chi connectivity index (χ1v) is 4.52. The maximum Gasteiger partial charge on any atom is 0.119 e. The zero-order valence-corrected chi connectivity index (χ0v) is 8.16. The summed E-state index contributed by atoms with van der Waals surface area (Å²) in [5, 5.41) is 0. The van der Waals surface area contributed by atoms with Gasteiger partial charge in [0.2, 0.25) is 0 Å². The van der Waals surface area contributed by atoms with Crippen LogP contribution in [0, 0.1) is 0 Å². The number of benzene rings is 1. The molecule has 1 aromatic carbocycles. The molecule has 0 N–H and O–H groups in total. The molecule has 0 saturated heterocycles. The minimum atomic E-state index is 0.779. The number of rotatable bonds is 4. The monoisotopic (exact) mass is 177 g/mol. The largest absolute Gasteiger partial charge is 0.494 e. The van der Waals surface area contributed by atoms with E-state index in [-0.39, 0.29) is 0 Å². The summed E-state index contributed by atoms with van der Waals surface area (Å²) in [6, 6.07) is 7.93. The Balaban J connectivity index is 2.58. The normalized spacial score (nSPS) is 10.6. The van der Waals surface area contributed by atoms with Crippen molar-refractivity contribution in [3.8, 4) is 5.75 Å². The van der Waals surface area contributed by atoms with Crippen molar-refractivity contribution in [3.05, 3.63) is 29.8 Å². The van der Waals surface area contributed by atoms with E-state index >= 15 is 0 Å². The van der Waals surface area contributed by atoms with Gasteiger partial charge >= 0.3 is 0 Å². The van der Waals surface area contributed by atoms with Gasteiger partial charge in [0.1, 0.15) is 5.75 Å². The number of ether oxygens (including phenoxy) is 1. The lowest BCUT2D eigenvalue weighted by Crippen LogP contribution is -1.94. The first-order chi connectivity index (χ1) is 6.36. The zero-order chi connectivity index (χ0) is 9.52. The quantitative estimate of drug-likeness (QED) is 0.647. The van der Waals surface area contributed by atoms with E-state index in [9.17, 15) is 0 Å². The van der Waals surface area contributed by atoms with Gasteiger partial charge in [-0.25, -0.2) is 0 Å². The van der Waals surface area contributed by atoms with Crippen LogP contribution in [0.25, 0.3) is 0 Å². The third-order valence-electron chi connectivity index (χ3n) is 1.63. The second-order valence-corrected chi connectivity index (χ2v) is 2.80. The van der Waals surface area contributed by atoms with E-state index in [1.807, 2.05) is 30.5 Å². The molecule has 0 aliphatic carbocycles. The minimum Gasteiger partial charge on any atom is -0.494 e. The summed E-state index contributed by atoms with van der Waals surface area (Å²) in [5.74, 6) is 0.926. The first kappa shape index (κ1) is 9.78. The molecule has 0 bridgehead atoms. The molecule has 0 atom stereocenters. The predicted molar refractivity (Wildman–Crippen MR) is 55.7 cm³/mol. The number of hydrogen-bond acceptors (Lipinski definition) is 2. The Morgan fingerprint density at radius 1 is 1.31 bits per heavy atom.